The predicted molar refractivity (Wildman–Crippen MR) is 64.4 cm³/mol. The fourth-order valence-corrected chi connectivity index (χ4v) is 2.81. The minimum atomic E-state index is 0.468. The lowest BCUT2D eigenvalue weighted by Crippen LogP contribution is -2.40. The first-order chi connectivity index (χ1) is 7.61. The van der Waals surface area contributed by atoms with Gasteiger partial charge in [0.2, 0.25) is 0 Å². The first kappa shape index (κ1) is 11.6. The van der Waals surface area contributed by atoms with E-state index in [1.165, 1.54) is 19.3 Å². The van der Waals surface area contributed by atoms with Crippen molar-refractivity contribution in [2.24, 2.45) is 5.92 Å². The van der Waals surface area contributed by atoms with Gasteiger partial charge in [0.15, 0.2) is 0 Å². The van der Waals surface area contributed by atoms with Gasteiger partial charge in [0.05, 0.1) is 6.04 Å². The molecular formula is C12H22N4. The van der Waals surface area contributed by atoms with Gasteiger partial charge in [-0.15, -0.1) is 0 Å². The lowest BCUT2D eigenvalue weighted by molar-refractivity contribution is 0.207. The van der Waals surface area contributed by atoms with Crippen molar-refractivity contribution >= 4 is 0 Å². The summed E-state index contributed by atoms with van der Waals surface area (Å²) in [6, 6.07) is 1.01. The zero-order chi connectivity index (χ0) is 11.7. The van der Waals surface area contributed by atoms with Crippen LogP contribution < -0.4 is 5.32 Å². The third-order valence-electron chi connectivity index (χ3n) is 3.67. The molecule has 90 valence electrons. The molecule has 1 heterocycles. The number of rotatable bonds is 2. The monoisotopic (exact) mass is 222 g/mol. The molecule has 0 amide bonds. The summed E-state index contributed by atoms with van der Waals surface area (Å²) in [5, 5.41) is 7.95. The van der Waals surface area contributed by atoms with E-state index >= 15 is 0 Å². The van der Waals surface area contributed by atoms with Gasteiger partial charge in [0, 0.05) is 6.04 Å². The topological polar surface area (TPSA) is 42.7 Å². The van der Waals surface area contributed by atoms with Gasteiger partial charge >= 0.3 is 0 Å². The van der Waals surface area contributed by atoms with Crippen LogP contribution in [-0.4, -0.2) is 27.9 Å². The maximum atomic E-state index is 4.53. The second-order valence-corrected chi connectivity index (χ2v) is 5.03. The van der Waals surface area contributed by atoms with Crippen LogP contribution in [0.4, 0.5) is 0 Å². The summed E-state index contributed by atoms with van der Waals surface area (Å²) in [6.07, 6.45) is 3.75. The quantitative estimate of drug-likeness (QED) is 0.830. The van der Waals surface area contributed by atoms with Crippen molar-refractivity contribution in [3.63, 3.8) is 0 Å². The zero-order valence-electron chi connectivity index (χ0n) is 10.7. The fourth-order valence-electron chi connectivity index (χ4n) is 2.81. The zero-order valence-corrected chi connectivity index (χ0v) is 10.7. The Bertz CT molecular complexity index is 358. The van der Waals surface area contributed by atoms with Gasteiger partial charge in [-0.2, -0.15) is 5.10 Å². The first-order valence-corrected chi connectivity index (χ1v) is 6.18. The highest BCUT2D eigenvalue weighted by Gasteiger charge is 2.30. The molecule has 1 N–H and O–H groups in total. The number of aryl methyl sites for hydroxylation is 2. The molecule has 0 radical (unpaired) electrons. The Morgan fingerprint density at radius 2 is 2.06 bits per heavy atom. The second-order valence-electron chi connectivity index (χ2n) is 5.03. The van der Waals surface area contributed by atoms with Crippen LogP contribution in [0, 0.1) is 19.8 Å². The molecule has 4 heteroatoms. The molecule has 1 saturated carbocycles. The van der Waals surface area contributed by atoms with Gasteiger partial charge in [-0.25, -0.2) is 9.67 Å². The standard InChI is InChI=1S/C12H22N4/c1-8-5-6-11(13-4)12(7-8)16-10(3)14-9(2)15-16/h8,11-13H,5-7H2,1-4H3. The number of hydrogen-bond donors (Lipinski definition) is 1. The van der Waals surface area contributed by atoms with Crippen LogP contribution in [0.3, 0.4) is 0 Å². The van der Waals surface area contributed by atoms with E-state index in [0.717, 1.165) is 17.6 Å². The number of nitrogens with one attached hydrogen (secondary N) is 1. The Morgan fingerprint density at radius 3 is 2.62 bits per heavy atom. The summed E-state index contributed by atoms with van der Waals surface area (Å²) in [5.74, 6) is 2.71. The molecule has 3 atom stereocenters. The van der Waals surface area contributed by atoms with E-state index in [-0.39, 0.29) is 0 Å². The van der Waals surface area contributed by atoms with Crippen LogP contribution in [0.1, 0.15) is 43.9 Å². The van der Waals surface area contributed by atoms with Crippen molar-refractivity contribution in [2.75, 3.05) is 7.05 Å². The molecule has 0 spiro atoms. The van der Waals surface area contributed by atoms with Crippen LogP contribution in [0.15, 0.2) is 0 Å². The Labute approximate surface area is 97.5 Å². The van der Waals surface area contributed by atoms with Crippen LogP contribution in [0.5, 0.6) is 0 Å². The van der Waals surface area contributed by atoms with Crippen molar-refractivity contribution in [2.45, 2.75) is 52.1 Å². The predicted octanol–water partition coefficient (Wildman–Crippen LogP) is 1.84. The largest absolute Gasteiger partial charge is 0.315 e. The van der Waals surface area contributed by atoms with Crippen molar-refractivity contribution in [1.29, 1.82) is 0 Å². The summed E-state index contributed by atoms with van der Waals surface area (Å²) in [4.78, 5) is 4.40. The van der Waals surface area contributed by atoms with Crippen molar-refractivity contribution in [3.05, 3.63) is 11.6 Å². The highest BCUT2D eigenvalue weighted by atomic mass is 15.4. The average molecular weight is 222 g/mol. The maximum absolute atomic E-state index is 4.53. The third-order valence-corrected chi connectivity index (χ3v) is 3.67. The molecule has 1 aliphatic rings. The van der Waals surface area contributed by atoms with Crippen molar-refractivity contribution in [3.8, 4) is 0 Å². The van der Waals surface area contributed by atoms with E-state index in [1.54, 1.807) is 0 Å². The number of aromatic nitrogens is 3. The van der Waals surface area contributed by atoms with Crippen LogP contribution in [-0.2, 0) is 0 Å². The van der Waals surface area contributed by atoms with Gasteiger partial charge in [-0.05, 0) is 46.1 Å². The molecular weight excluding hydrogens is 200 g/mol. The van der Waals surface area contributed by atoms with Gasteiger partial charge in [0.1, 0.15) is 11.6 Å². The molecule has 0 aliphatic heterocycles. The smallest absolute Gasteiger partial charge is 0.147 e. The van der Waals surface area contributed by atoms with Gasteiger partial charge < -0.3 is 5.32 Å². The molecule has 0 saturated heterocycles. The maximum Gasteiger partial charge on any atom is 0.147 e. The van der Waals surface area contributed by atoms with Crippen molar-refractivity contribution in [1.82, 2.24) is 20.1 Å². The Balaban J connectivity index is 2.25. The molecule has 1 aliphatic carbocycles. The van der Waals surface area contributed by atoms with Crippen LogP contribution in [0.25, 0.3) is 0 Å². The van der Waals surface area contributed by atoms with E-state index in [1.807, 2.05) is 20.9 Å². The van der Waals surface area contributed by atoms with Gasteiger partial charge in [-0.3, -0.25) is 0 Å². The van der Waals surface area contributed by atoms with Crippen LogP contribution >= 0.6 is 0 Å². The summed E-state index contributed by atoms with van der Waals surface area (Å²) in [6.45, 7) is 6.34. The van der Waals surface area contributed by atoms with E-state index in [2.05, 4.69) is 27.0 Å². The van der Waals surface area contributed by atoms with E-state index in [4.69, 9.17) is 0 Å². The molecule has 16 heavy (non-hydrogen) atoms. The Morgan fingerprint density at radius 1 is 1.31 bits per heavy atom. The number of likely N-dealkylation sites (N-methyl/N-ethyl adjacent to an activating group) is 1. The van der Waals surface area contributed by atoms with E-state index in [9.17, 15) is 0 Å². The van der Waals surface area contributed by atoms with Crippen molar-refractivity contribution < 1.29 is 0 Å². The Hall–Kier alpha value is -0.900. The normalized spacial score (nSPS) is 30.6. The molecule has 3 unspecified atom stereocenters. The number of hydrogen-bond acceptors (Lipinski definition) is 3. The molecule has 2 rings (SSSR count). The minimum Gasteiger partial charge on any atom is -0.315 e. The number of nitrogens with zero attached hydrogens (tertiary/aromatic N) is 3. The molecule has 0 bridgehead atoms. The highest BCUT2D eigenvalue weighted by molar-refractivity contribution is 4.95. The van der Waals surface area contributed by atoms with Gasteiger partial charge in [-0.1, -0.05) is 6.92 Å². The highest BCUT2D eigenvalue weighted by Crippen LogP contribution is 2.32. The molecule has 1 aromatic rings. The SMILES string of the molecule is CNC1CCC(C)CC1n1nc(C)nc1C. The molecule has 4 nitrogen and oxygen atoms in total. The second kappa shape index (κ2) is 4.53. The molecule has 1 fully saturated rings. The summed E-state index contributed by atoms with van der Waals surface area (Å²) < 4.78 is 2.12. The van der Waals surface area contributed by atoms with Crippen LogP contribution in [0.2, 0.25) is 0 Å². The molecule has 1 aromatic heterocycles. The lowest BCUT2D eigenvalue weighted by Gasteiger charge is -2.35. The summed E-state index contributed by atoms with van der Waals surface area (Å²) in [5.41, 5.74) is 0. The summed E-state index contributed by atoms with van der Waals surface area (Å²) >= 11 is 0. The van der Waals surface area contributed by atoms with Gasteiger partial charge in [0.25, 0.3) is 0 Å². The fraction of sp³-hybridized carbons (Fsp3) is 0.833. The first-order valence-electron chi connectivity index (χ1n) is 6.18. The van der Waals surface area contributed by atoms with E-state index in [0.29, 0.717) is 12.1 Å². The third kappa shape index (κ3) is 2.12. The Kier molecular flexibility index (Phi) is 3.28. The summed E-state index contributed by atoms with van der Waals surface area (Å²) in [7, 11) is 2.05. The van der Waals surface area contributed by atoms with E-state index < -0.39 is 0 Å². The minimum absolute atomic E-state index is 0.468. The molecule has 0 aromatic carbocycles. The average Bonchev–Trinajstić information content (AvgIpc) is 2.57. The lowest BCUT2D eigenvalue weighted by atomic mass is 9.83.